The second kappa shape index (κ2) is 7.72. The molecule has 0 unspecified atom stereocenters. The molecule has 0 bridgehead atoms. The van der Waals surface area contributed by atoms with Crippen LogP contribution in [0.2, 0.25) is 10.0 Å². The van der Waals surface area contributed by atoms with Crippen LogP contribution >= 0.6 is 23.2 Å². The summed E-state index contributed by atoms with van der Waals surface area (Å²) in [5.41, 5.74) is 0.592. The van der Waals surface area contributed by atoms with Gasteiger partial charge in [0.2, 0.25) is 0 Å². The van der Waals surface area contributed by atoms with Gasteiger partial charge in [0.25, 0.3) is 11.5 Å². The fourth-order valence-electron chi connectivity index (χ4n) is 3.40. The van der Waals surface area contributed by atoms with Crippen molar-refractivity contribution in [3.8, 4) is 5.75 Å². The Bertz CT molecular complexity index is 887. The van der Waals surface area contributed by atoms with E-state index in [-0.39, 0.29) is 11.6 Å². The zero-order valence-electron chi connectivity index (χ0n) is 14.3. The average Bonchev–Trinajstić information content (AvgIpc) is 2.62. The molecule has 7 heteroatoms. The maximum absolute atomic E-state index is 12.4. The van der Waals surface area contributed by atoms with Crippen molar-refractivity contribution in [1.82, 2.24) is 9.88 Å². The minimum absolute atomic E-state index is 0.0136. The highest BCUT2D eigenvalue weighted by Crippen LogP contribution is 2.35. The SMILES string of the molecule is Cn1ccc(C(=O)NC2CCC(c3ccc(Cl)c(Cl)c3)CC2)c(O)c1=O. The van der Waals surface area contributed by atoms with Crippen molar-refractivity contribution >= 4 is 29.1 Å². The van der Waals surface area contributed by atoms with Gasteiger partial charge in [0.1, 0.15) is 0 Å². The first kappa shape index (κ1) is 18.8. The van der Waals surface area contributed by atoms with Gasteiger partial charge in [0.15, 0.2) is 5.75 Å². The zero-order chi connectivity index (χ0) is 18.8. The molecule has 1 aliphatic rings. The normalized spacial score (nSPS) is 20.0. The number of nitrogens with one attached hydrogen (secondary N) is 1. The number of halogens is 2. The summed E-state index contributed by atoms with van der Waals surface area (Å²) < 4.78 is 1.23. The molecule has 0 aliphatic heterocycles. The highest BCUT2D eigenvalue weighted by atomic mass is 35.5. The molecule has 2 N–H and O–H groups in total. The summed E-state index contributed by atoms with van der Waals surface area (Å²) in [6.45, 7) is 0. The number of aromatic nitrogens is 1. The van der Waals surface area contributed by atoms with Crippen LogP contribution in [0.4, 0.5) is 0 Å². The van der Waals surface area contributed by atoms with Crippen LogP contribution in [0.5, 0.6) is 5.75 Å². The largest absolute Gasteiger partial charge is 0.502 e. The van der Waals surface area contributed by atoms with Crippen LogP contribution in [0.15, 0.2) is 35.3 Å². The Kier molecular flexibility index (Phi) is 5.58. The number of carbonyl (C=O) groups excluding carboxylic acids is 1. The van der Waals surface area contributed by atoms with Gasteiger partial charge in [-0.1, -0.05) is 29.3 Å². The van der Waals surface area contributed by atoms with Crippen LogP contribution in [0.1, 0.15) is 47.5 Å². The topological polar surface area (TPSA) is 71.3 Å². The summed E-state index contributed by atoms with van der Waals surface area (Å²) in [6.07, 6.45) is 4.96. The molecular weight excluding hydrogens is 375 g/mol. The van der Waals surface area contributed by atoms with E-state index in [0.717, 1.165) is 31.2 Å². The van der Waals surface area contributed by atoms with Crippen LogP contribution < -0.4 is 10.9 Å². The molecular formula is C19H20Cl2N2O3. The van der Waals surface area contributed by atoms with Gasteiger partial charge in [-0.3, -0.25) is 9.59 Å². The van der Waals surface area contributed by atoms with Crippen molar-refractivity contribution in [2.75, 3.05) is 0 Å². The third-order valence-electron chi connectivity index (χ3n) is 4.96. The van der Waals surface area contributed by atoms with E-state index in [4.69, 9.17) is 23.2 Å². The van der Waals surface area contributed by atoms with Gasteiger partial charge in [0.05, 0.1) is 15.6 Å². The summed E-state index contributed by atoms with van der Waals surface area (Å²) >= 11 is 12.1. The van der Waals surface area contributed by atoms with Gasteiger partial charge in [-0.2, -0.15) is 0 Å². The van der Waals surface area contributed by atoms with Crippen molar-refractivity contribution in [3.05, 3.63) is 62.0 Å². The lowest BCUT2D eigenvalue weighted by atomic mass is 9.81. The number of aromatic hydroxyl groups is 1. The molecule has 5 nitrogen and oxygen atoms in total. The Morgan fingerprint density at radius 2 is 1.85 bits per heavy atom. The lowest BCUT2D eigenvalue weighted by Gasteiger charge is -2.29. The minimum atomic E-state index is -0.582. The Morgan fingerprint density at radius 3 is 2.50 bits per heavy atom. The number of aryl methyl sites for hydroxylation is 1. The molecule has 1 heterocycles. The highest BCUT2D eigenvalue weighted by molar-refractivity contribution is 6.42. The first-order valence-electron chi connectivity index (χ1n) is 8.51. The number of hydrogen-bond donors (Lipinski definition) is 2. The van der Waals surface area contributed by atoms with Crippen molar-refractivity contribution in [2.24, 2.45) is 7.05 Å². The predicted molar refractivity (Wildman–Crippen MR) is 102 cm³/mol. The summed E-state index contributed by atoms with van der Waals surface area (Å²) in [5.74, 6) is -0.550. The molecule has 0 radical (unpaired) electrons. The predicted octanol–water partition coefficient (Wildman–Crippen LogP) is 3.85. The summed E-state index contributed by atoms with van der Waals surface area (Å²) in [6, 6.07) is 7.19. The summed E-state index contributed by atoms with van der Waals surface area (Å²) in [7, 11) is 1.52. The van der Waals surface area contributed by atoms with Gasteiger partial charge in [-0.15, -0.1) is 0 Å². The van der Waals surface area contributed by atoms with E-state index in [9.17, 15) is 14.7 Å². The lowest BCUT2D eigenvalue weighted by Crippen LogP contribution is -2.38. The smallest absolute Gasteiger partial charge is 0.293 e. The average molecular weight is 395 g/mol. The maximum atomic E-state index is 12.4. The molecule has 1 fully saturated rings. The van der Waals surface area contributed by atoms with Crippen molar-refractivity contribution in [2.45, 2.75) is 37.6 Å². The number of carbonyl (C=O) groups is 1. The fraction of sp³-hybridized carbons (Fsp3) is 0.368. The van der Waals surface area contributed by atoms with Gasteiger partial charge < -0.3 is 15.0 Å². The molecule has 1 aliphatic carbocycles. The fourth-order valence-corrected chi connectivity index (χ4v) is 3.71. The maximum Gasteiger partial charge on any atom is 0.293 e. The van der Waals surface area contributed by atoms with Gasteiger partial charge in [-0.05, 0) is 55.4 Å². The lowest BCUT2D eigenvalue weighted by molar-refractivity contribution is 0.0922. The van der Waals surface area contributed by atoms with Crippen LogP contribution in [-0.4, -0.2) is 21.6 Å². The molecule has 1 aromatic heterocycles. The van der Waals surface area contributed by atoms with Crippen molar-refractivity contribution in [1.29, 1.82) is 0 Å². The quantitative estimate of drug-likeness (QED) is 0.829. The summed E-state index contributed by atoms with van der Waals surface area (Å²) in [4.78, 5) is 24.1. The highest BCUT2D eigenvalue weighted by Gasteiger charge is 2.25. The first-order valence-corrected chi connectivity index (χ1v) is 9.27. The van der Waals surface area contributed by atoms with Crippen LogP contribution in [-0.2, 0) is 7.05 Å². The summed E-state index contributed by atoms with van der Waals surface area (Å²) in [5, 5.41) is 13.9. The van der Waals surface area contributed by atoms with E-state index in [2.05, 4.69) is 5.32 Å². The molecule has 26 heavy (non-hydrogen) atoms. The number of pyridine rings is 1. The van der Waals surface area contributed by atoms with Crippen molar-refractivity contribution in [3.63, 3.8) is 0 Å². The van der Waals surface area contributed by atoms with Crippen LogP contribution in [0.25, 0.3) is 0 Å². The molecule has 0 saturated heterocycles. The molecule has 0 spiro atoms. The Balaban J connectivity index is 1.62. The van der Waals surface area contributed by atoms with E-state index in [0.29, 0.717) is 16.0 Å². The molecule has 1 amide bonds. The second-order valence-corrected chi connectivity index (χ2v) is 7.50. The number of rotatable bonds is 3. The minimum Gasteiger partial charge on any atom is -0.502 e. The molecule has 2 aromatic rings. The Labute approximate surface area is 161 Å². The third kappa shape index (κ3) is 3.89. The number of amides is 1. The molecule has 1 aromatic carbocycles. The monoisotopic (exact) mass is 394 g/mol. The number of nitrogens with zero attached hydrogens (tertiary/aromatic N) is 1. The van der Waals surface area contributed by atoms with E-state index in [1.54, 1.807) is 0 Å². The standard InChI is InChI=1S/C19H20Cl2N2O3/c1-23-9-8-14(17(24)19(23)26)18(25)22-13-5-2-11(3-6-13)12-4-7-15(20)16(21)10-12/h4,7-11,13,24H,2-3,5-6H2,1H3,(H,22,25). The number of hydrogen-bond acceptors (Lipinski definition) is 3. The van der Waals surface area contributed by atoms with E-state index >= 15 is 0 Å². The van der Waals surface area contributed by atoms with E-state index < -0.39 is 17.2 Å². The molecule has 138 valence electrons. The van der Waals surface area contributed by atoms with Crippen LogP contribution in [0.3, 0.4) is 0 Å². The van der Waals surface area contributed by atoms with E-state index in [1.165, 1.54) is 23.9 Å². The molecule has 1 saturated carbocycles. The van der Waals surface area contributed by atoms with E-state index in [1.807, 2.05) is 18.2 Å². The first-order chi connectivity index (χ1) is 12.4. The van der Waals surface area contributed by atoms with Crippen LogP contribution in [0, 0.1) is 0 Å². The number of benzene rings is 1. The van der Waals surface area contributed by atoms with Gasteiger partial charge in [0, 0.05) is 19.3 Å². The van der Waals surface area contributed by atoms with Crippen molar-refractivity contribution < 1.29 is 9.90 Å². The van der Waals surface area contributed by atoms with Gasteiger partial charge >= 0.3 is 0 Å². The third-order valence-corrected chi connectivity index (χ3v) is 5.70. The zero-order valence-corrected chi connectivity index (χ0v) is 15.8. The molecule has 0 atom stereocenters. The Morgan fingerprint density at radius 1 is 1.15 bits per heavy atom. The second-order valence-electron chi connectivity index (χ2n) is 6.69. The molecule has 3 rings (SSSR count). The Hall–Kier alpha value is -1.98. The van der Waals surface area contributed by atoms with Gasteiger partial charge in [-0.25, -0.2) is 0 Å².